The van der Waals surface area contributed by atoms with Crippen molar-refractivity contribution in [2.45, 2.75) is 32.6 Å². The monoisotopic (exact) mass is 350 g/mol. The number of pyridine rings is 1. The van der Waals surface area contributed by atoms with Crippen molar-refractivity contribution in [1.29, 1.82) is 5.26 Å². The van der Waals surface area contributed by atoms with Crippen LogP contribution in [0.25, 0.3) is 10.8 Å². The van der Waals surface area contributed by atoms with E-state index in [1.165, 1.54) is 19.3 Å². The fourth-order valence-electron chi connectivity index (χ4n) is 2.94. The van der Waals surface area contributed by atoms with Gasteiger partial charge in [-0.25, -0.2) is 0 Å². The summed E-state index contributed by atoms with van der Waals surface area (Å²) in [4.78, 5) is 28.9. The Labute approximate surface area is 153 Å². The number of carbonyl (C=O) groups excluding carboxylic acids is 2. The standard InChI is InChI=1S/C21H22N2O3/c1-3-6-17(24)9-11-21(12-13-22,20(25)26-2)15-19-18-8-5-4-7-16(18)10-14-23-19/h4-5,7-11,14H,3,6,12,15H2,1-2H3/b11-9+. The number of carbonyl (C=O) groups is 2. The summed E-state index contributed by atoms with van der Waals surface area (Å²) in [6, 6.07) is 11.7. The average molecular weight is 350 g/mol. The van der Waals surface area contributed by atoms with E-state index in [2.05, 4.69) is 11.1 Å². The predicted molar refractivity (Wildman–Crippen MR) is 99.2 cm³/mol. The maximum atomic E-state index is 12.6. The number of nitrogens with zero attached hydrogens (tertiary/aromatic N) is 2. The number of hydrogen-bond acceptors (Lipinski definition) is 5. The third-order valence-electron chi connectivity index (χ3n) is 4.31. The van der Waals surface area contributed by atoms with Crippen molar-refractivity contribution in [3.05, 3.63) is 54.4 Å². The van der Waals surface area contributed by atoms with Gasteiger partial charge in [-0.1, -0.05) is 37.3 Å². The Morgan fingerprint density at radius 1 is 1.31 bits per heavy atom. The molecule has 0 bridgehead atoms. The summed E-state index contributed by atoms with van der Waals surface area (Å²) in [6.07, 6.45) is 5.79. The molecule has 0 spiro atoms. The molecular weight excluding hydrogens is 328 g/mol. The minimum atomic E-state index is -1.25. The minimum Gasteiger partial charge on any atom is -0.468 e. The molecular formula is C21H22N2O3. The van der Waals surface area contributed by atoms with Crippen LogP contribution in [0.2, 0.25) is 0 Å². The number of aromatic nitrogens is 1. The number of rotatable bonds is 8. The van der Waals surface area contributed by atoms with E-state index in [-0.39, 0.29) is 18.6 Å². The molecule has 0 saturated heterocycles. The SMILES string of the molecule is CCCC(=O)/C=C/C(CC#N)(Cc1nccc2ccccc12)C(=O)OC. The summed E-state index contributed by atoms with van der Waals surface area (Å²) in [5.41, 5.74) is -0.555. The van der Waals surface area contributed by atoms with Gasteiger partial charge in [-0.15, -0.1) is 0 Å². The van der Waals surface area contributed by atoms with Gasteiger partial charge in [0.05, 0.1) is 19.6 Å². The van der Waals surface area contributed by atoms with Gasteiger partial charge in [0.1, 0.15) is 5.41 Å². The zero-order valence-corrected chi connectivity index (χ0v) is 15.1. The van der Waals surface area contributed by atoms with E-state index < -0.39 is 11.4 Å². The van der Waals surface area contributed by atoms with Crippen LogP contribution in [-0.2, 0) is 20.7 Å². The number of nitriles is 1. The minimum absolute atomic E-state index is 0.0791. The summed E-state index contributed by atoms with van der Waals surface area (Å²) in [7, 11) is 1.28. The maximum absolute atomic E-state index is 12.6. The topological polar surface area (TPSA) is 80.0 Å². The fraction of sp³-hybridized carbons (Fsp3) is 0.333. The quantitative estimate of drug-likeness (QED) is 0.535. The van der Waals surface area contributed by atoms with Gasteiger partial charge in [-0.2, -0.15) is 5.26 Å². The van der Waals surface area contributed by atoms with E-state index >= 15 is 0 Å². The molecule has 2 aromatic rings. The van der Waals surface area contributed by atoms with E-state index in [0.717, 1.165) is 17.2 Å². The van der Waals surface area contributed by atoms with Gasteiger partial charge in [0.2, 0.25) is 0 Å². The molecule has 1 heterocycles. The third kappa shape index (κ3) is 4.34. The third-order valence-corrected chi connectivity index (χ3v) is 4.31. The highest BCUT2D eigenvalue weighted by molar-refractivity contribution is 5.91. The Morgan fingerprint density at radius 2 is 2.08 bits per heavy atom. The number of allylic oxidation sites excluding steroid dienone is 1. The van der Waals surface area contributed by atoms with Gasteiger partial charge in [-0.05, 0) is 23.9 Å². The van der Waals surface area contributed by atoms with Crippen LogP contribution in [0, 0.1) is 16.7 Å². The van der Waals surface area contributed by atoms with Gasteiger partial charge in [0.15, 0.2) is 5.78 Å². The molecule has 0 radical (unpaired) electrons. The molecule has 1 unspecified atom stereocenters. The van der Waals surface area contributed by atoms with Crippen LogP contribution in [0.3, 0.4) is 0 Å². The lowest BCUT2D eigenvalue weighted by Gasteiger charge is -2.25. The Bertz CT molecular complexity index is 862. The number of esters is 1. The molecule has 5 heteroatoms. The number of ether oxygens (including phenoxy) is 1. The fourth-order valence-corrected chi connectivity index (χ4v) is 2.94. The Hall–Kier alpha value is -3.00. The van der Waals surface area contributed by atoms with Gasteiger partial charge in [0.25, 0.3) is 0 Å². The van der Waals surface area contributed by atoms with Crippen molar-refractivity contribution < 1.29 is 14.3 Å². The molecule has 134 valence electrons. The first-order chi connectivity index (χ1) is 12.6. The summed E-state index contributed by atoms with van der Waals surface area (Å²) in [5.74, 6) is -0.626. The van der Waals surface area contributed by atoms with Crippen molar-refractivity contribution in [2.75, 3.05) is 7.11 Å². The first kappa shape index (κ1) is 19.3. The zero-order valence-electron chi connectivity index (χ0n) is 15.1. The lowest BCUT2D eigenvalue weighted by atomic mass is 9.79. The number of methoxy groups -OCH3 is 1. The Kier molecular flexibility index (Phi) is 6.62. The normalized spacial score (nSPS) is 13.3. The Balaban J connectivity index is 2.50. The smallest absolute Gasteiger partial charge is 0.317 e. The van der Waals surface area contributed by atoms with Crippen LogP contribution in [0.4, 0.5) is 0 Å². The Morgan fingerprint density at radius 3 is 2.77 bits per heavy atom. The lowest BCUT2D eigenvalue weighted by molar-refractivity contribution is -0.149. The molecule has 1 aromatic heterocycles. The van der Waals surface area contributed by atoms with Crippen molar-refractivity contribution in [3.8, 4) is 6.07 Å². The van der Waals surface area contributed by atoms with Crippen molar-refractivity contribution in [3.63, 3.8) is 0 Å². The van der Waals surface area contributed by atoms with Crippen molar-refractivity contribution >= 4 is 22.5 Å². The summed E-state index contributed by atoms with van der Waals surface area (Å²) in [5, 5.41) is 11.2. The molecule has 0 amide bonds. The molecule has 5 nitrogen and oxygen atoms in total. The number of ketones is 1. The molecule has 0 saturated carbocycles. The van der Waals surface area contributed by atoms with Crippen LogP contribution in [-0.4, -0.2) is 23.8 Å². The maximum Gasteiger partial charge on any atom is 0.317 e. The molecule has 0 aliphatic rings. The molecule has 2 rings (SSSR count). The predicted octanol–water partition coefficient (Wildman–Crippen LogP) is 3.78. The summed E-state index contributed by atoms with van der Waals surface area (Å²) in [6.45, 7) is 1.91. The molecule has 0 N–H and O–H groups in total. The number of hydrogen-bond donors (Lipinski definition) is 0. The second-order valence-electron chi connectivity index (χ2n) is 6.19. The van der Waals surface area contributed by atoms with Gasteiger partial charge < -0.3 is 4.74 Å². The van der Waals surface area contributed by atoms with Crippen molar-refractivity contribution in [2.24, 2.45) is 5.41 Å². The molecule has 0 aliphatic heterocycles. The van der Waals surface area contributed by atoms with E-state index in [0.29, 0.717) is 12.1 Å². The van der Waals surface area contributed by atoms with E-state index in [9.17, 15) is 14.9 Å². The average Bonchev–Trinajstić information content (AvgIpc) is 2.66. The molecule has 0 aliphatic carbocycles. The van der Waals surface area contributed by atoms with Crippen molar-refractivity contribution in [1.82, 2.24) is 4.98 Å². The van der Waals surface area contributed by atoms with E-state index in [4.69, 9.17) is 4.74 Å². The second kappa shape index (κ2) is 8.91. The first-order valence-corrected chi connectivity index (χ1v) is 8.56. The molecule has 1 aromatic carbocycles. The van der Waals surface area contributed by atoms with Crippen LogP contribution >= 0.6 is 0 Å². The van der Waals surface area contributed by atoms with Gasteiger partial charge in [0, 0.05) is 30.1 Å². The van der Waals surface area contributed by atoms with Gasteiger partial charge in [-0.3, -0.25) is 14.6 Å². The van der Waals surface area contributed by atoms with Crippen LogP contribution < -0.4 is 0 Å². The van der Waals surface area contributed by atoms with Crippen LogP contribution in [0.15, 0.2) is 48.7 Å². The zero-order chi connectivity index (χ0) is 19.0. The van der Waals surface area contributed by atoms with E-state index in [1.54, 1.807) is 6.20 Å². The highest BCUT2D eigenvalue weighted by Gasteiger charge is 2.38. The summed E-state index contributed by atoms with van der Waals surface area (Å²) >= 11 is 0. The lowest BCUT2D eigenvalue weighted by Crippen LogP contribution is -2.33. The molecule has 0 fully saturated rings. The number of fused-ring (bicyclic) bond motifs is 1. The van der Waals surface area contributed by atoms with Crippen LogP contribution in [0.1, 0.15) is 31.9 Å². The highest BCUT2D eigenvalue weighted by Crippen LogP contribution is 2.32. The van der Waals surface area contributed by atoms with Crippen LogP contribution in [0.5, 0.6) is 0 Å². The number of benzene rings is 1. The highest BCUT2D eigenvalue weighted by atomic mass is 16.5. The van der Waals surface area contributed by atoms with Gasteiger partial charge >= 0.3 is 5.97 Å². The second-order valence-corrected chi connectivity index (χ2v) is 6.19. The first-order valence-electron chi connectivity index (χ1n) is 8.56. The molecule has 1 atom stereocenters. The largest absolute Gasteiger partial charge is 0.468 e. The molecule has 26 heavy (non-hydrogen) atoms. The summed E-state index contributed by atoms with van der Waals surface area (Å²) < 4.78 is 4.96. The van der Waals surface area contributed by atoms with E-state index in [1.807, 2.05) is 37.3 Å².